The monoisotopic (exact) mass is 467 g/mol. The summed E-state index contributed by atoms with van der Waals surface area (Å²) in [6.07, 6.45) is 1.31. The van der Waals surface area contributed by atoms with Gasteiger partial charge in [0.25, 0.3) is 5.91 Å². The average molecular weight is 468 g/mol. The van der Waals surface area contributed by atoms with E-state index in [0.717, 1.165) is 0 Å². The summed E-state index contributed by atoms with van der Waals surface area (Å²) in [4.78, 5) is 33.3. The molecule has 166 valence electrons. The van der Waals surface area contributed by atoms with Gasteiger partial charge in [0.05, 0.1) is 5.56 Å². The smallest absolute Gasteiger partial charge is 0.340 e. The molecule has 0 atom stereocenters. The molecule has 0 saturated carbocycles. The van der Waals surface area contributed by atoms with Gasteiger partial charge in [-0.05, 0) is 32.9 Å². The predicted molar refractivity (Wildman–Crippen MR) is 118 cm³/mol. The first-order chi connectivity index (χ1) is 14.6. The minimum atomic E-state index is -0.647. The summed E-state index contributed by atoms with van der Waals surface area (Å²) in [6.45, 7) is 5.23. The number of carbonyl (C=O) groups excluding carboxylic acids is 2. The third kappa shape index (κ3) is 6.57. The van der Waals surface area contributed by atoms with Crippen LogP contribution >= 0.6 is 23.2 Å². The Kier molecular flexibility index (Phi) is 8.24. The number of oxime groups is 1. The number of likely N-dealkylation sites (N-methyl/N-ethyl adjacent to an activating group) is 1. The Balaban J connectivity index is 2.29. The first-order valence-corrected chi connectivity index (χ1v) is 9.95. The van der Waals surface area contributed by atoms with E-state index in [1.165, 1.54) is 26.4 Å². The van der Waals surface area contributed by atoms with Crippen LogP contribution in [0.1, 0.15) is 42.3 Å². The van der Waals surface area contributed by atoms with Crippen molar-refractivity contribution in [2.45, 2.75) is 33.0 Å². The first kappa shape index (κ1) is 24.4. The van der Waals surface area contributed by atoms with E-state index < -0.39 is 17.5 Å². The van der Waals surface area contributed by atoms with E-state index in [1.807, 2.05) is 0 Å². The van der Waals surface area contributed by atoms with E-state index in [2.05, 4.69) is 15.5 Å². The number of halogens is 2. The summed E-state index contributed by atoms with van der Waals surface area (Å²) in [5.41, 5.74) is 0.490. The molecule has 0 saturated heterocycles. The highest BCUT2D eigenvalue weighted by Gasteiger charge is 2.22. The lowest BCUT2D eigenvalue weighted by molar-refractivity contribution is -0.114. The van der Waals surface area contributed by atoms with Crippen LogP contribution in [0.15, 0.2) is 35.6 Å². The highest BCUT2D eigenvalue weighted by atomic mass is 35.5. The zero-order chi connectivity index (χ0) is 23.2. The number of hydrogen-bond donors (Lipinski definition) is 1. The largest absolute Gasteiger partial charge is 0.472 e. The molecule has 0 spiro atoms. The van der Waals surface area contributed by atoms with Crippen LogP contribution in [0.5, 0.6) is 5.88 Å². The molecule has 0 fully saturated rings. The highest BCUT2D eigenvalue weighted by molar-refractivity contribution is 6.46. The second-order valence-corrected chi connectivity index (χ2v) is 8.08. The van der Waals surface area contributed by atoms with Crippen LogP contribution in [0.3, 0.4) is 0 Å². The molecule has 2 aromatic rings. The summed E-state index contributed by atoms with van der Waals surface area (Å²) >= 11 is 12.6. The number of nitrogens with zero attached hydrogens (tertiary/aromatic N) is 2. The molecule has 1 heterocycles. The number of nitrogens with one attached hydrogen (secondary N) is 1. The number of amides is 1. The number of esters is 1. The summed E-state index contributed by atoms with van der Waals surface area (Å²) < 4.78 is 11.0. The van der Waals surface area contributed by atoms with E-state index in [1.54, 1.807) is 39.0 Å². The summed E-state index contributed by atoms with van der Waals surface area (Å²) in [5, 5.41) is 6.77. The van der Waals surface area contributed by atoms with Crippen molar-refractivity contribution in [2.24, 2.45) is 5.16 Å². The molecule has 0 aliphatic carbocycles. The van der Waals surface area contributed by atoms with Crippen molar-refractivity contribution in [3.63, 3.8) is 0 Å². The Morgan fingerprint density at radius 1 is 1.19 bits per heavy atom. The van der Waals surface area contributed by atoms with Crippen LogP contribution in [-0.4, -0.2) is 42.3 Å². The highest BCUT2D eigenvalue weighted by Crippen LogP contribution is 2.27. The number of rotatable bonds is 7. The van der Waals surface area contributed by atoms with Crippen molar-refractivity contribution in [2.75, 3.05) is 14.2 Å². The number of ether oxygens (including phenoxy) is 2. The maximum Gasteiger partial charge on any atom is 0.340 e. The van der Waals surface area contributed by atoms with Crippen LogP contribution in [0.2, 0.25) is 10.0 Å². The van der Waals surface area contributed by atoms with Crippen molar-refractivity contribution in [1.29, 1.82) is 0 Å². The number of hydrogen-bond acceptors (Lipinski definition) is 7. The first-order valence-electron chi connectivity index (χ1n) is 9.20. The van der Waals surface area contributed by atoms with Gasteiger partial charge in [0.15, 0.2) is 5.71 Å². The van der Waals surface area contributed by atoms with Gasteiger partial charge in [-0.3, -0.25) is 4.79 Å². The van der Waals surface area contributed by atoms with Gasteiger partial charge >= 0.3 is 5.97 Å². The molecule has 0 aliphatic heterocycles. The number of benzene rings is 1. The van der Waals surface area contributed by atoms with Gasteiger partial charge in [-0.2, -0.15) is 0 Å². The fraction of sp³-hybridized carbons (Fsp3) is 0.333. The molecule has 0 aliphatic rings. The Labute approximate surface area is 190 Å². The molecule has 31 heavy (non-hydrogen) atoms. The molecule has 0 radical (unpaired) electrons. The molecule has 1 N–H and O–H groups in total. The predicted octanol–water partition coefficient (Wildman–Crippen LogP) is 4.02. The molecule has 1 aromatic heterocycles. The number of pyridine rings is 1. The van der Waals surface area contributed by atoms with Crippen LogP contribution < -0.4 is 10.1 Å². The van der Waals surface area contributed by atoms with Crippen molar-refractivity contribution >= 4 is 40.8 Å². The van der Waals surface area contributed by atoms with Crippen LogP contribution in [0, 0.1) is 0 Å². The Morgan fingerprint density at radius 3 is 2.48 bits per heavy atom. The van der Waals surface area contributed by atoms with E-state index in [4.69, 9.17) is 37.5 Å². The quantitative estimate of drug-likeness (QED) is 0.375. The zero-order valence-corrected chi connectivity index (χ0v) is 19.3. The van der Waals surface area contributed by atoms with Gasteiger partial charge in [-0.25, -0.2) is 9.78 Å². The van der Waals surface area contributed by atoms with E-state index in [0.29, 0.717) is 16.1 Å². The third-order valence-corrected chi connectivity index (χ3v) is 4.42. The van der Waals surface area contributed by atoms with Crippen molar-refractivity contribution in [1.82, 2.24) is 10.3 Å². The third-order valence-electron chi connectivity index (χ3n) is 3.79. The SMILES string of the molecule is CNC(=O)/C(=N\OC)c1cccc(Cl)c1COc1ncc(C(=O)OC(C)(C)C)cc1Cl. The Morgan fingerprint density at radius 2 is 1.90 bits per heavy atom. The molecule has 0 unspecified atom stereocenters. The fourth-order valence-electron chi connectivity index (χ4n) is 2.47. The molecule has 1 aromatic carbocycles. The fourth-order valence-corrected chi connectivity index (χ4v) is 2.92. The minimum absolute atomic E-state index is 0.0328. The number of aromatic nitrogens is 1. The van der Waals surface area contributed by atoms with Gasteiger partial charge in [-0.15, -0.1) is 0 Å². The van der Waals surface area contributed by atoms with Gasteiger partial charge in [0.2, 0.25) is 5.88 Å². The Hall–Kier alpha value is -2.84. The van der Waals surface area contributed by atoms with Crippen molar-refractivity contribution in [3.05, 3.63) is 57.2 Å². The lowest BCUT2D eigenvalue weighted by atomic mass is 10.0. The summed E-state index contributed by atoms with van der Waals surface area (Å²) in [6, 6.07) is 6.40. The maximum atomic E-state index is 12.2. The minimum Gasteiger partial charge on any atom is -0.472 e. The second kappa shape index (κ2) is 10.5. The molecule has 1 amide bonds. The average Bonchev–Trinajstić information content (AvgIpc) is 2.70. The maximum absolute atomic E-state index is 12.2. The normalized spacial score (nSPS) is 11.6. The van der Waals surface area contributed by atoms with Gasteiger partial charge in [-0.1, -0.05) is 40.5 Å². The molecule has 8 nitrogen and oxygen atoms in total. The van der Waals surface area contributed by atoms with Crippen molar-refractivity contribution < 1.29 is 23.9 Å². The van der Waals surface area contributed by atoms with Crippen LogP contribution in [0.4, 0.5) is 0 Å². The van der Waals surface area contributed by atoms with Gasteiger partial charge < -0.3 is 19.6 Å². The number of carbonyl (C=O) groups is 2. The Bertz CT molecular complexity index is 1000. The van der Waals surface area contributed by atoms with Gasteiger partial charge in [0.1, 0.15) is 24.3 Å². The molecule has 2 rings (SSSR count). The van der Waals surface area contributed by atoms with E-state index in [9.17, 15) is 9.59 Å². The van der Waals surface area contributed by atoms with Crippen molar-refractivity contribution in [3.8, 4) is 5.88 Å². The van der Waals surface area contributed by atoms with E-state index >= 15 is 0 Å². The lowest BCUT2D eigenvalue weighted by Gasteiger charge is -2.19. The van der Waals surface area contributed by atoms with Crippen LogP contribution in [-0.2, 0) is 21.0 Å². The summed E-state index contributed by atoms with van der Waals surface area (Å²) in [7, 11) is 2.81. The topological polar surface area (TPSA) is 99.1 Å². The molecular weight excluding hydrogens is 445 g/mol. The zero-order valence-electron chi connectivity index (χ0n) is 17.8. The molecule has 0 bridgehead atoms. The summed E-state index contributed by atoms with van der Waals surface area (Å²) in [5.74, 6) is -0.916. The second-order valence-electron chi connectivity index (χ2n) is 7.27. The molecule has 10 heteroatoms. The van der Waals surface area contributed by atoms with E-state index in [-0.39, 0.29) is 28.8 Å². The standard InChI is InChI=1S/C21H23Cl2N3O5/c1-21(2,3)31-20(28)12-9-16(23)19(25-10-12)30-11-14-13(7-6-8-15(14)22)17(26-29-5)18(27)24-4/h6-10H,11H2,1-5H3,(H,24,27)/b26-17-. The molecular formula is C21H23Cl2N3O5. The van der Waals surface area contributed by atoms with Gasteiger partial charge in [0, 0.05) is 29.4 Å². The van der Waals surface area contributed by atoms with Crippen LogP contribution in [0.25, 0.3) is 0 Å². The lowest BCUT2D eigenvalue weighted by Crippen LogP contribution is -2.29.